The van der Waals surface area contributed by atoms with Gasteiger partial charge in [-0.2, -0.15) is 11.8 Å². The van der Waals surface area contributed by atoms with Crippen LogP contribution in [0.3, 0.4) is 0 Å². The van der Waals surface area contributed by atoms with Crippen LogP contribution in [0.1, 0.15) is 26.2 Å². The van der Waals surface area contributed by atoms with Crippen molar-refractivity contribution in [1.82, 2.24) is 4.90 Å². The van der Waals surface area contributed by atoms with Gasteiger partial charge in [0, 0.05) is 17.3 Å². The Morgan fingerprint density at radius 1 is 1.55 bits per heavy atom. The molecule has 0 aromatic rings. The van der Waals surface area contributed by atoms with Crippen LogP contribution in [0.4, 0.5) is 0 Å². The highest BCUT2D eigenvalue weighted by Gasteiger charge is 2.42. The monoisotopic (exact) mass is 171 g/mol. The first-order chi connectivity index (χ1) is 5.22. The van der Waals surface area contributed by atoms with E-state index in [2.05, 4.69) is 30.6 Å². The first-order valence-corrected chi connectivity index (χ1v) is 5.55. The molecule has 2 fully saturated rings. The van der Waals surface area contributed by atoms with E-state index in [1.54, 1.807) is 0 Å². The lowest BCUT2D eigenvalue weighted by atomic mass is 10.0. The van der Waals surface area contributed by atoms with Gasteiger partial charge >= 0.3 is 0 Å². The molecule has 2 aliphatic rings. The first-order valence-electron chi connectivity index (χ1n) is 4.56. The molecule has 0 aromatic heterocycles. The Balaban J connectivity index is 2.06. The van der Waals surface area contributed by atoms with E-state index in [-0.39, 0.29) is 0 Å². The highest BCUT2D eigenvalue weighted by Crippen LogP contribution is 2.46. The van der Waals surface area contributed by atoms with Crippen LogP contribution in [0.2, 0.25) is 0 Å². The number of likely N-dealkylation sites (tertiary alicyclic amines) is 1. The molecular formula is C9H17NS. The highest BCUT2D eigenvalue weighted by atomic mass is 32.2. The minimum absolute atomic E-state index is 0.675. The third-order valence-electron chi connectivity index (χ3n) is 3.14. The third-order valence-corrected chi connectivity index (χ3v) is 4.75. The molecule has 2 rings (SSSR count). The van der Waals surface area contributed by atoms with Crippen LogP contribution in [-0.2, 0) is 0 Å². The van der Waals surface area contributed by atoms with Gasteiger partial charge < -0.3 is 4.90 Å². The molecule has 1 nitrogen and oxygen atoms in total. The van der Waals surface area contributed by atoms with E-state index in [1.165, 1.54) is 31.6 Å². The van der Waals surface area contributed by atoms with E-state index in [1.807, 2.05) is 0 Å². The second-order valence-corrected chi connectivity index (χ2v) is 5.67. The molecule has 2 heteroatoms. The topological polar surface area (TPSA) is 3.24 Å². The molecule has 2 saturated heterocycles. The van der Waals surface area contributed by atoms with Gasteiger partial charge in [0.1, 0.15) is 0 Å². The first kappa shape index (κ1) is 7.93. The Kier molecular flexibility index (Phi) is 1.92. The van der Waals surface area contributed by atoms with Crippen molar-refractivity contribution in [2.45, 2.75) is 37.0 Å². The average Bonchev–Trinajstić information content (AvgIpc) is 2.46. The molecule has 64 valence electrons. The van der Waals surface area contributed by atoms with Crippen LogP contribution < -0.4 is 0 Å². The fourth-order valence-electron chi connectivity index (χ4n) is 2.41. The van der Waals surface area contributed by atoms with Crippen LogP contribution in [0, 0.1) is 0 Å². The SMILES string of the molecule is CC1CC2(CCCS2)CN1C. The predicted octanol–water partition coefficient (Wildman–Crippen LogP) is 1.98. The Labute approximate surface area is 73.5 Å². The molecule has 2 aliphatic heterocycles. The van der Waals surface area contributed by atoms with Gasteiger partial charge in [0.2, 0.25) is 0 Å². The van der Waals surface area contributed by atoms with Crippen LogP contribution in [0.25, 0.3) is 0 Å². The number of hydrogen-bond acceptors (Lipinski definition) is 2. The van der Waals surface area contributed by atoms with Crippen molar-refractivity contribution < 1.29 is 0 Å². The molecule has 0 bridgehead atoms. The number of rotatable bonds is 0. The molecule has 0 radical (unpaired) electrons. The van der Waals surface area contributed by atoms with E-state index in [0.717, 1.165) is 6.04 Å². The van der Waals surface area contributed by atoms with Crippen molar-refractivity contribution in [3.05, 3.63) is 0 Å². The van der Waals surface area contributed by atoms with Gasteiger partial charge in [-0.05, 0) is 39.0 Å². The lowest BCUT2D eigenvalue weighted by Gasteiger charge is -2.20. The lowest BCUT2D eigenvalue weighted by Crippen LogP contribution is -2.26. The summed E-state index contributed by atoms with van der Waals surface area (Å²) in [4.78, 5) is 2.51. The maximum atomic E-state index is 2.51. The van der Waals surface area contributed by atoms with Crippen molar-refractivity contribution in [2.24, 2.45) is 0 Å². The molecule has 0 aliphatic carbocycles. The molecule has 1 spiro atoms. The number of thioether (sulfide) groups is 1. The van der Waals surface area contributed by atoms with Crippen LogP contribution in [-0.4, -0.2) is 35.0 Å². The van der Waals surface area contributed by atoms with Gasteiger partial charge in [-0.15, -0.1) is 0 Å². The van der Waals surface area contributed by atoms with E-state index in [9.17, 15) is 0 Å². The Hall–Kier alpha value is 0.310. The summed E-state index contributed by atoms with van der Waals surface area (Å²) in [5.74, 6) is 1.40. The Morgan fingerprint density at radius 2 is 2.36 bits per heavy atom. The second kappa shape index (κ2) is 2.67. The maximum Gasteiger partial charge on any atom is 0.0302 e. The normalized spacial score (nSPS) is 45.8. The van der Waals surface area contributed by atoms with Crippen molar-refractivity contribution in [1.29, 1.82) is 0 Å². The smallest absolute Gasteiger partial charge is 0.0302 e. The molecule has 2 heterocycles. The highest BCUT2D eigenvalue weighted by molar-refractivity contribution is 8.00. The van der Waals surface area contributed by atoms with E-state index in [4.69, 9.17) is 0 Å². The van der Waals surface area contributed by atoms with Crippen LogP contribution in [0.15, 0.2) is 0 Å². The molecule has 0 amide bonds. The summed E-state index contributed by atoms with van der Waals surface area (Å²) in [6.07, 6.45) is 4.34. The predicted molar refractivity (Wildman–Crippen MR) is 51.1 cm³/mol. The van der Waals surface area contributed by atoms with Gasteiger partial charge in [0.05, 0.1) is 0 Å². The zero-order chi connectivity index (χ0) is 7.90. The summed E-state index contributed by atoms with van der Waals surface area (Å²) < 4.78 is 0.675. The summed E-state index contributed by atoms with van der Waals surface area (Å²) >= 11 is 2.22. The fraction of sp³-hybridized carbons (Fsp3) is 1.00. The van der Waals surface area contributed by atoms with Crippen LogP contribution in [0.5, 0.6) is 0 Å². The fourth-order valence-corrected chi connectivity index (χ4v) is 4.07. The zero-order valence-electron chi connectivity index (χ0n) is 7.47. The molecule has 11 heavy (non-hydrogen) atoms. The second-order valence-electron chi connectivity index (χ2n) is 4.10. The molecular weight excluding hydrogens is 154 g/mol. The van der Waals surface area contributed by atoms with Gasteiger partial charge in [-0.1, -0.05) is 0 Å². The number of nitrogens with zero attached hydrogens (tertiary/aromatic N) is 1. The van der Waals surface area contributed by atoms with E-state index >= 15 is 0 Å². The van der Waals surface area contributed by atoms with Gasteiger partial charge in [-0.25, -0.2) is 0 Å². The van der Waals surface area contributed by atoms with Crippen molar-refractivity contribution in [3.63, 3.8) is 0 Å². The standard InChI is InChI=1S/C9H17NS/c1-8-6-9(7-10(8)2)4-3-5-11-9/h8H,3-7H2,1-2H3. The average molecular weight is 171 g/mol. The van der Waals surface area contributed by atoms with Gasteiger partial charge in [0.15, 0.2) is 0 Å². The van der Waals surface area contributed by atoms with E-state index < -0.39 is 0 Å². The summed E-state index contributed by atoms with van der Waals surface area (Å²) in [6.45, 7) is 3.69. The zero-order valence-corrected chi connectivity index (χ0v) is 8.28. The minimum Gasteiger partial charge on any atom is -0.302 e. The summed E-state index contributed by atoms with van der Waals surface area (Å²) in [7, 11) is 2.26. The molecule has 0 saturated carbocycles. The Morgan fingerprint density at radius 3 is 2.82 bits per heavy atom. The quantitative estimate of drug-likeness (QED) is 0.548. The maximum absolute atomic E-state index is 2.51. The summed E-state index contributed by atoms with van der Waals surface area (Å²) in [5, 5.41) is 0. The largest absolute Gasteiger partial charge is 0.302 e. The third kappa shape index (κ3) is 1.31. The van der Waals surface area contributed by atoms with E-state index in [0.29, 0.717) is 4.75 Å². The van der Waals surface area contributed by atoms with Crippen LogP contribution >= 0.6 is 11.8 Å². The molecule has 0 aromatic carbocycles. The number of hydrogen-bond donors (Lipinski definition) is 0. The molecule has 0 N–H and O–H groups in total. The Bertz CT molecular complexity index is 140. The van der Waals surface area contributed by atoms with Gasteiger partial charge in [0.25, 0.3) is 0 Å². The molecule has 2 atom stereocenters. The van der Waals surface area contributed by atoms with Crippen molar-refractivity contribution in [2.75, 3.05) is 19.3 Å². The molecule has 2 unspecified atom stereocenters. The summed E-state index contributed by atoms with van der Waals surface area (Å²) in [6, 6.07) is 0.820. The van der Waals surface area contributed by atoms with Crippen molar-refractivity contribution >= 4 is 11.8 Å². The summed E-state index contributed by atoms with van der Waals surface area (Å²) in [5.41, 5.74) is 0. The van der Waals surface area contributed by atoms with Crippen molar-refractivity contribution in [3.8, 4) is 0 Å². The minimum atomic E-state index is 0.675. The lowest BCUT2D eigenvalue weighted by molar-refractivity contribution is 0.327. The van der Waals surface area contributed by atoms with Gasteiger partial charge in [-0.3, -0.25) is 0 Å².